The molecule has 0 spiro atoms. The normalized spacial score (nSPS) is 10.5. The molecule has 0 saturated heterocycles. The molecule has 2 aromatic heterocycles. The van der Waals surface area contributed by atoms with Gasteiger partial charge >= 0.3 is 11.9 Å². The van der Waals surface area contributed by atoms with E-state index in [0.29, 0.717) is 11.5 Å². The lowest BCUT2D eigenvalue weighted by Gasteiger charge is -2.07. The van der Waals surface area contributed by atoms with E-state index in [9.17, 15) is 9.59 Å². The van der Waals surface area contributed by atoms with Crippen LogP contribution in [0, 0.1) is 13.8 Å². The number of nitrogens with zero attached hydrogens (tertiary/aromatic N) is 2. The molecule has 3 rings (SSSR count). The van der Waals surface area contributed by atoms with Crippen molar-refractivity contribution in [3.8, 4) is 11.3 Å². The molecule has 0 aliphatic heterocycles. The van der Waals surface area contributed by atoms with Crippen molar-refractivity contribution in [1.29, 1.82) is 0 Å². The topological polar surface area (TPSA) is 104 Å². The molecule has 0 aliphatic rings. The van der Waals surface area contributed by atoms with E-state index in [2.05, 4.69) is 15.5 Å². The quantitative estimate of drug-likeness (QED) is 0.571. The molecule has 0 amide bonds. The van der Waals surface area contributed by atoms with Crippen LogP contribution in [0.1, 0.15) is 45.9 Å². The van der Waals surface area contributed by atoms with Crippen LogP contribution in [0.4, 0.5) is 11.7 Å². The van der Waals surface area contributed by atoms with Gasteiger partial charge in [0.2, 0.25) is 5.88 Å². The summed E-state index contributed by atoms with van der Waals surface area (Å²) in [6, 6.07) is 11.4. The number of furan rings is 1. The summed E-state index contributed by atoms with van der Waals surface area (Å²) in [5.74, 6) is -0.713. The maximum absolute atomic E-state index is 12.5. The first kappa shape index (κ1) is 21.0. The third-order valence-electron chi connectivity index (χ3n) is 4.30. The third kappa shape index (κ3) is 4.48. The van der Waals surface area contributed by atoms with E-state index in [1.54, 1.807) is 32.9 Å². The van der Waals surface area contributed by atoms with Crippen LogP contribution in [0.15, 0.2) is 40.8 Å². The number of benzene rings is 1. The van der Waals surface area contributed by atoms with Crippen LogP contribution < -0.4 is 5.32 Å². The molecule has 0 radical (unpaired) electrons. The second kappa shape index (κ2) is 9.21. The highest BCUT2D eigenvalue weighted by Crippen LogP contribution is 2.31. The van der Waals surface area contributed by atoms with Gasteiger partial charge in [-0.05, 0) is 39.8 Å². The average molecular weight is 409 g/mol. The second-order valence-corrected chi connectivity index (χ2v) is 6.47. The fourth-order valence-corrected chi connectivity index (χ4v) is 2.87. The predicted octanol–water partition coefficient (Wildman–Crippen LogP) is 4.45. The minimum Gasteiger partial charge on any atom is -0.462 e. The van der Waals surface area contributed by atoms with Crippen LogP contribution in [0.2, 0.25) is 0 Å². The van der Waals surface area contributed by atoms with Crippen molar-refractivity contribution in [2.24, 2.45) is 0 Å². The van der Waals surface area contributed by atoms with Crippen molar-refractivity contribution in [2.45, 2.75) is 27.7 Å². The number of esters is 2. The molecule has 0 unspecified atom stereocenters. The number of rotatable bonds is 7. The zero-order chi connectivity index (χ0) is 21.7. The van der Waals surface area contributed by atoms with Crippen molar-refractivity contribution in [2.75, 3.05) is 18.5 Å². The van der Waals surface area contributed by atoms with Gasteiger partial charge in [-0.25, -0.2) is 9.59 Å². The predicted molar refractivity (Wildman–Crippen MR) is 111 cm³/mol. The minimum atomic E-state index is -0.691. The molecule has 0 bridgehead atoms. The van der Waals surface area contributed by atoms with E-state index in [0.717, 1.165) is 11.1 Å². The fraction of sp³-hybridized carbons (Fsp3) is 0.273. The first-order valence-electron chi connectivity index (χ1n) is 9.60. The molecule has 8 heteroatoms. The summed E-state index contributed by atoms with van der Waals surface area (Å²) in [6.45, 7) is 7.26. The van der Waals surface area contributed by atoms with Gasteiger partial charge in [-0.3, -0.25) is 0 Å². The van der Waals surface area contributed by atoms with Crippen LogP contribution in [-0.2, 0) is 9.47 Å². The molecule has 0 fully saturated rings. The number of carbonyl (C=O) groups is 2. The molecule has 0 saturated carbocycles. The maximum atomic E-state index is 12.5. The van der Waals surface area contributed by atoms with Crippen LogP contribution in [0.5, 0.6) is 0 Å². The van der Waals surface area contributed by atoms with Gasteiger partial charge in [0.1, 0.15) is 16.9 Å². The van der Waals surface area contributed by atoms with Crippen molar-refractivity contribution in [1.82, 2.24) is 10.2 Å². The van der Waals surface area contributed by atoms with Crippen molar-refractivity contribution in [3.05, 3.63) is 58.8 Å². The molecule has 8 nitrogen and oxygen atoms in total. The van der Waals surface area contributed by atoms with Gasteiger partial charge in [-0.15, -0.1) is 10.2 Å². The molecule has 1 N–H and O–H groups in total. The van der Waals surface area contributed by atoms with Gasteiger partial charge in [-0.1, -0.05) is 29.8 Å². The Balaban J connectivity index is 1.92. The van der Waals surface area contributed by atoms with Crippen LogP contribution in [0.25, 0.3) is 11.3 Å². The SMILES string of the molecule is CCOC(=O)c1c(C)oc(Nc2ccc(-c3ccc(C)cc3)nn2)c1C(=O)OCC. The Kier molecular flexibility index (Phi) is 6.46. The van der Waals surface area contributed by atoms with Gasteiger partial charge in [-0.2, -0.15) is 0 Å². The lowest BCUT2D eigenvalue weighted by atomic mass is 10.1. The van der Waals surface area contributed by atoms with E-state index < -0.39 is 11.9 Å². The molecule has 0 atom stereocenters. The fourth-order valence-electron chi connectivity index (χ4n) is 2.87. The summed E-state index contributed by atoms with van der Waals surface area (Å²) in [6.07, 6.45) is 0. The zero-order valence-corrected chi connectivity index (χ0v) is 17.3. The van der Waals surface area contributed by atoms with Crippen molar-refractivity contribution >= 4 is 23.6 Å². The monoisotopic (exact) mass is 409 g/mol. The summed E-state index contributed by atoms with van der Waals surface area (Å²) in [5, 5.41) is 11.3. The van der Waals surface area contributed by atoms with Gasteiger partial charge in [0.05, 0.1) is 18.9 Å². The number of aryl methyl sites for hydroxylation is 2. The first-order chi connectivity index (χ1) is 14.4. The summed E-state index contributed by atoms with van der Waals surface area (Å²) in [7, 11) is 0. The van der Waals surface area contributed by atoms with Crippen molar-refractivity contribution < 1.29 is 23.5 Å². The van der Waals surface area contributed by atoms with Gasteiger partial charge in [0.25, 0.3) is 0 Å². The largest absolute Gasteiger partial charge is 0.462 e. The van der Waals surface area contributed by atoms with E-state index in [4.69, 9.17) is 13.9 Å². The Morgan fingerprint density at radius 3 is 2.10 bits per heavy atom. The van der Waals surface area contributed by atoms with Crippen LogP contribution >= 0.6 is 0 Å². The maximum Gasteiger partial charge on any atom is 0.344 e. The Morgan fingerprint density at radius 1 is 0.900 bits per heavy atom. The summed E-state index contributed by atoms with van der Waals surface area (Å²) in [5.41, 5.74) is 2.79. The Morgan fingerprint density at radius 2 is 1.53 bits per heavy atom. The van der Waals surface area contributed by atoms with Crippen LogP contribution in [-0.4, -0.2) is 35.3 Å². The molecular formula is C22H23N3O5. The highest BCUT2D eigenvalue weighted by Gasteiger charge is 2.30. The number of ether oxygens (including phenoxy) is 2. The lowest BCUT2D eigenvalue weighted by molar-refractivity contribution is 0.0480. The van der Waals surface area contributed by atoms with E-state index in [-0.39, 0.29) is 36.0 Å². The smallest absolute Gasteiger partial charge is 0.344 e. The Hall–Kier alpha value is -3.68. The van der Waals surface area contributed by atoms with Gasteiger partial charge in [0.15, 0.2) is 5.82 Å². The molecule has 1 aromatic carbocycles. The van der Waals surface area contributed by atoms with Crippen molar-refractivity contribution in [3.63, 3.8) is 0 Å². The average Bonchev–Trinajstić information content (AvgIpc) is 3.05. The number of aromatic nitrogens is 2. The summed E-state index contributed by atoms with van der Waals surface area (Å²) in [4.78, 5) is 24.8. The molecule has 30 heavy (non-hydrogen) atoms. The highest BCUT2D eigenvalue weighted by atomic mass is 16.5. The zero-order valence-electron chi connectivity index (χ0n) is 17.3. The molecule has 2 heterocycles. The molecule has 156 valence electrons. The number of nitrogens with one attached hydrogen (secondary N) is 1. The van der Waals surface area contributed by atoms with Gasteiger partial charge < -0.3 is 19.2 Å². The number of hydrogen-bond acceptors (Lipinski definition) is 8. The highest BCUT2D eigenvalue weighted by molar-refractivity contribution is 6.07. The number of anilines is 2. The minimum absolute atomic E-state index is 0.0297. The Bertz CT molecular complexity index is 1040. The summed E-state index contributed by atoms with van der Waals surface area (Å²) < 4.78 is 15.8. The second-order valence-electron chi connectivity index (χ2n) is 6.47. The molecule has 0 aliphatic carbocycles. The summed E-state index contributed by atoms with van der Waals surface area (Å²) >= 11 is 0. The van der Waals surface area contributed by atoms with Gasteiger partial charge in [0, 0.05) is 5.56 Å². The van der Waals surface area contributed by atoms with E-state index in [1.807, 2.05) is 31.2 Å². The number of hydrogen-bond donors (Lipinski definition) is 1. The number of carbonyl (C=O) groups excluding carboxylic acids is 2. The third-order valence-corrected chi connectivity index (χ3v) is 4.30. The standard InChI is InChI=1S/C22H23N3O5/c1-5-28-21(26)18-14(4)30-20(19(18)22(27)29-6-2)23-17-12-11-16(24-25-17)15-9-7-13(3)8-10-15/h7-12H,5-6H2,1-4H3,(H,23,25). The lowest BCUT2D eigenvalue weighted by Crippen LogP contribution is -2.14. The first-order valence-corrected chi connectivity index (χ1v) is 9.60. The van der Waals surface area contributed by atoms with Crippen LogP contribution in [0.3, 0.4) is 0 Å². The molecular weight excluding hydrogens is 386 g/mol. The van der Waals surface area contributed by atoms with E-state index in [1.165, 1.54) is 0 Å². The van der Waals surface area contributed by atoms with E-state index >= 15 is 0 Å². The molecule has 3 aromatic rings. The Labute approximate surface area is 174 Å².